The van der Waals surface area contributed by atoms with E-state index in [4.69, 9.17) is 9.47 Å². The molecule has 1 aliphatic rings. The van der Waals surface area contributed by atoms with Gasteiger partial charge in [-0.2, -0.15) is 0 Å². The van der Waals surface area contributed by atoms with Crippen molar-refractivity contribution < 1.29 is 22.7 Å². The lowest BCUT2D eigenvalue weighted by Crippen LogP contribution is -2.31. The van der Waals surface area contributed by atoms with Gasteiger partial charge >= 0.3 is 0 Å². The van der Waals surface area contributed by atoms with E-state index in [0.29, 0.717) is 24.7 Å². The number of fused-ring (bicyclic) bond motifs is 1. The molecule has 2 rings (SSSR count). The van der Waals surface area contributed by atoms with E-state index in [2.05, 4.69) is 4.72 Å². The molecule has 0 fully saturated rings. The molecule has 0 atom stereocenters. The van der Waals surface area contributed by atoms with Crippen LogP contribution in [0.25, 0.3) is 0 Å². The maximum absolute atomic E-state index is 12.1. The third-order valence-electron chi connectivity index (χ3n) is 2.90. The van der Waals surface area contributed by atoms with Crippen molar-refractivity contribution in [3.8, 4) is 11.5 Å². The number of Topliss-reactive ketones (excluding diaryl/α,β-unsaturated/α-hetero) is 1. The summed E-state index contributed by atoms with van der Waals surface area (Å²) < 4.78 is 37.1. The first-order chi connectivity index (χ1) is 9.40. The van der Waals surface area contributed by atoms with Crippen LogP contribution in [0.15, 0.2) is 23.1 Å². The number of nitrogens with one attached hydrogen (secondary N) is 1. The second kappa shape index (κ2) is 5.80. The summed E-state index contributed by atoms with van der Waals surface area (Å²) in [6.45, 7) is 4.06. The van der Waals surface area contributed by atoms with Crippen LogP contribution in [0.1, 0.15) is 13.8 Å². The molecule has 1 aliphatic heterocycles. The summed E-state index contributed by atoms with van der Waals surface area (Å²) >= 11 is 0. The molecule has 0 saturated heterocycles. The first kappa shape index (κ1) is 14.8. The molecule has 0 amide bonds. The number of carbonyl (C=O) groups is 1. The molecular formula is C13H17NO5S. The smallest absolute Gasteiger partial charge is 0.241 e. The minimum absolute atomic E-state index is 0.0540. The quantitative estimate of drug-likeness (QED) is 0.876. The third kappa shape index (κ3) is 3.29. The van der Waals surface area contributed by atoms with Crippen LogP contribution < -0.4 is 14.2 Å². The molecule has 6 nitrogen and oxygen atoms in total. The molecule has 1 heterocycles. The maximum atomic E-state index is 12.1. The van der Waals surface area contributed by atoms with Crippen molar-refractivity contribution in [1.82, 2.24) is 4.72 Å². The Kier molecular flexibility index (Phi) is 4.29. The Bertz CT molecular complexity index is 609. The van der Waals surface area contributed by atoms with Crippen LogP contribution in [0, 0.1) is 5.92 Å². The number of ketones is 1. The highest BCUT2D eigenvalue weighted by Crippen LogP contribution is 2.32. The lowest BCUT2D eigenvalue weighted by Gasteiger charge is -2.18. The van der Waals surface area contributed by atoms with Crippen LogP contribution in [0.2, 0.25) is 0 Å². The highest BCUT2D eigenvalue weighted by molar-refractivity contribution is 7.89. The first-order valence-corrected chi connectivity index (χ1v) is 7.80. The molecule has 0 radical (unpaired) electrons. The van der Waals surface area contributed by atoms with Crippen LogP contribution in [-0.4, -0.2) is 34.0 Å². The molecule has 0 saturated carbocycles. The normalized spacial score (nSPS) is 14.3. The van der Waals surface area contributed by atoms with Gasteiger partial charge in [0.2, 0.25) is 10.0 Å². The number of rotatable bonds is 5. The summed E-state index contributed by atoms with van der Waals surface area (Å²) in [6.07, 6.45) is 0. The second-order valence-electron chi connectivity index (χ2n) is 4.75. The second-order valence-corrected chi connectivity index (χ2v) is 6.52. The Morgan fingerprint density at radius 1 is 1.25 bits per heavy atom. The molecule has 0 unspecified atom stereocenters. The van der Waals surface area contributed by atoms with Gasteiger partial charge in [-0.1, -0.05) is 13.8 Å². The van der Waals surface area contributed by atoms with Crippen LogP contribution in [0.5, 0.6) is 11.5 Å². The summed E-state index contributed by atoms with van der Waals surface area (Å²) in [5.41, 5.74) is 0. The Balaban J connectivity index is 2.15. The Labute approximate surface area is 118 Å². The van der Waals surface area contributed by atoms with Crippen molar-refractivity contribution in [3.63, 3.8) is 0 Å². The highest BCUT2D eigenvalue weighted by atomic mass is 32.2. The predicted molar refractivity (Wildman–Crippen MR) is 72.5 cm³/mol. The molecule has 1 N–H and O–H groups in total. The molecule has 20 heavy (non-hydrogen) atoms. The van der Waals surface area contributed by atoms with E-state index in [0.717, 1.165) is 0 Å². The van der Waals surface area contributed by atoms with Crippen molar-refractivity contribution in [3.05, 3.63) is 18.2 Å². The number of ether oxygens (including phenoxy) is 2. The van der Waals surface area contributed by atoms with Gasteiger partial charge in [-0.05, 0) is 12.1 Å². The summed E-state index contributed by atoms with van der Waals surface area (Å²) in [7, 11) is -3.73. The largest absolute Gasteiger partial charge is 0.486 e. The maximum Gasteiger partial charge on any atom is 0.241 e. The van der Waals surface area contributed by atoms with Gasteiger partial charge in [-0.3, -0.25) is 4.79 Å². The average Bonchev–Trinajstić information content (AvgIpc) is 2.44. The zero-order valence-corrected chi connectivity index (χ0v) is 12.2. The van der Waals surface area contributed by atoms with Crippen molar-refractivity contribution in [1.29, 1.82) is 0 Å². The van der Waals surface area contributed by atoms with Gasteiger partial charge in [0.05, 0.1) is 11.4 Å². The van der Waals surface area contributed by atoms with Crippen LogP contribution in [0.4, 0.5) is 0 Å². The molecule has 110 valence electrons. The fourth-order valence-corrected chi connectivity index (χ4v) is 2.65. The average molecular weight is 299 g/mol. The minimum atomic E-state index is -3.73. The van der Waals surface area contributed by atoms with Gasteiger partial charge in [-0.25, -0.2) is 13.1 Å². The van der Waals surface area contributed by atoms with Crippen molar-refractivity contribution >= 4 is 15.8 Å². The number of sulfonamides is 1. The fraction of sp³-hybridized carbons (Fsp3) is 0.462. The van der Waals surface area contributed by atoms with Crippen molar-refractivity contribution in [2.24, 2.45) is 5.92 Å². The lowest BCUT2D eigenvalue weighted by molar-refractivity contribution is -0.120. The highest BCUT2D eigenvalue weighted by Gasteiger charge is 2.20. The molecular weight excluding hydrogens is 282 g/mol. The van der Waals surface area contributed by atoms with E-state index in [-0.39, 0.29) is 23.1 Å². The van der Waals surface area contributed by atoms with Crippen molar-refractivity contribution in [2.45, 2.75) is 18.7 Å². The predicted octanol–water partition coefficient (Wildman–Crippen LogP) is 0.961. The number of hydrogen-bond acceptors (Lipinski definition) is 5. The van der Waals surface area contributed by atoms with Gasteiger partial charge in [0.25, 0.3) is 0 Å². The standard InChI is InChI=1S/C13H17NO5S/c1-9(2)11(15)8-14-20(16,17)10-3-4-12-13(7-10)19-6-5-18-12/h3-4,7,9,14H,5-6,8H2,1-2H3. The van der Waals surface area contributed by atoms with Crippen LogP contribution in [0.3, 0.4) is 0 Å². The summed E-state index contributed by atoms with van der Waals surface area (Å²) in [5.74, 6) is 0.548. The number of carbonyl (C=O) groups excluding carboxylic acids is 1. The summed E-state index contributed by atoms with van der Waals surface area (Å²) in [4.78, 5) is 11.5. The summed E-state index contributed by atoms with van der Waals surface area (Å²) in [6, 6.07) is 4.37. The SMILES string of the molecule is CC(C)C(=O)CNS(=O)(=O)c1ccc2c(c1)OCCO2. The number of benzene rings is 1. The Hall–Kier alpha value is -1.60. The monoisotopic (exact) mass is 299 g/mol. The van der Waals surface area contributed by atoms with Gasteiger partial charge in [-0.15, -0.1) is 0 Å². The Morgan fingerprint density at radius 2 is 1.90 bits per heavy atom. The van der Waals surface area contributed by atoms with E-state index < -0.39 is 10.0 Å². The molecule has 0 aromatic heterocycles. The molecule has 1 aromatic rings. The molecule has 1 aromatic carbocycles. The topological polar surface area (TPSA) is 81.7 Å². The first-order valence-electron chi connectivity index (χ1n) is 6.32. The van der Waals surface area contributed by atoms with E-state index >= 15 is 0 Å². The van der Waals surface area contributed by atoms with Gasteiger partial charge in [0, 0.05) is 12.0 Å². The zero-order chi connectivity index (χ0) is 14.8. The van der Waals surface area contributed by atoms with E-state index in [9.17, 15) is 13.2 Å². The molecule has 7 heteroatoms. The minimum Gasteiger partial charge on any atom is -0.486 e. The molecule has 0 aliphatic carbocycles. The molecule has 0 bridgehead atoms. The van der Waals surface area contributed by atoms with Crippen LogP contribution >= 0.6 is 0 Å². The lowest BCUT2D eigenvalue weighted by atomic mass is 10.1. The van der Waals surface area contributed by atoms with Gasteiger partial charge < -0.3 is 9.47 Å². The zero-order valence-electron chi connectivity index (χ0n) is 11.4. The van der Waals surface area contributed by atoms with Gasteiger partial charge in [0.15, 0.2) is 11.5 Å². The van der Waals surface area contributed by atoms with Gasteiger partial charge in [0.1, 0.15) is 19.0 Å². The molecule has 0 spiro atoms. The number of hydrogen-bond donors (Lipinski definition) is 1. The van der Waals surface area contributed by atoms with E-state index in [1.165, 1.54) is 12.1 Å². The Morgan fingerprint density at radius 3 is 2.55 bits per heavy atom. The fourth-order valence-electron chi connectivity index (χ4n) is 1.64. The van der Waals surface area contributed by atoms with E-state index in [1.54, 1.807) is 19.9 Å². The van der Waals surface area contributed by atoms with E-state index in [1.807, 2.05) is 0 Å². The summed E-state index contributed by atoms with van der Waals surface area (Å²) in [5, 5.41) is 0. The third-order valence-corrected chi connectivity index (χ3v) is 4.30. The van der Waals surface area contributed by atoms with Crippen molar-refractivity contribution in [2.75, 3.05) is 19.8 Å². The van der Waals surface area contributed by atoms with Crippen LogP contribution in [-0.2, 0) is 14.8 Å².